The summed E-state index contributed by atoms with van der Waals surface area (Å²) in [6.45, 7) is 0.318. The summed E-state index contributed by atoms with van der Waals surface area (Å²) in [4.78, 5) is 10.9. The van der Waals surface area contributed by atoms with Crippen LogP contribution in [0.1, 0.15) is 15.9 Å². The number of hydrogen-bond acceptors (Lipinski definition) is 3. The third kappa shape index (κ3) is 3.06. The molecular weight excluding hydrogens is 259 g/mol. The minimum Gasteiger partial charge on any atom is -0.494 e. The monoisotopic (exact) mass is 274 g/mol. The summed E-state index contributed by atoms with van der Waals surface area (Å²) in [5.41, 5.74) is 6.87. The highest BCUT2D eigenvalue weighted by atomic mass is 19.1. The van der Waals surface area contributed by atoms with Crippen molar-refractivity contribution in [3.8, 4) is 5.75 Å². The minimum atomic E-state index is -0.476. The molecule has 2 aromatic carbocycles. The van der Waals surface area contributed by atoms with Gasteiger partial charge >= 0.3 is 0 Å². The number of benzene rings is 2. The molecule has 0 bridgehead atoms. The first-order valence-corrected chi connectivity index (χ1v) is 6.07. The molecule has 0 unspecified atom stereocenters. The number of carbonyl (C=O) groups excluding carboxylic acids is 1. The lowest BCUT2D eigenvalue weighted by Gasteiger charge is -2.10. The Morgan fingerprint density at radius 1 is 1.25 bits per heavy atom. The van der Waals surface area contributed by atoms with Gasteiger partial charge in [0.1, 0.15) is 0 Å². The average molecular weight is 274 g/mol. The van der Waals surface area contributed by atoms with Crippen molar-refractivity contribution in [3.63, 3.8) is 0 Å². The van der Waals surface area contributed by atoms with Crippen LogP contribution in [0.25, 0.3) is 0 Å². The van der Waals surface area contributed by atoms with Crippen LogP contribution in [0.5, 0.6) is 5.75 Å². The van der Waals surface area contributed by atoms with E-state index in [4.69, 9.17) is 10.5 Å². The maximum atomic E-state index is 13.9. The Labute approximate surface area is 116 Å². The molecule has 104 valence electrons. The van der Waals surface area contributed by atoms with Crippen molar-refractivity contribution in [1.82, 2.24) is 0 Å². The summed E-state index contributed by atoms with van der Waals surface area (Å²) >= 11 is 0. The molecule has 3 N–H and O–H groups in total. The van der Waals surface area contributed by atoms with E-state index in [1.54, 1.807) is 42.5 Å². The molecule has 20 heavy (non-hydrogen) atoms. The van der Waals surface area contributed by atoms with Gasteiger partial charge in [-0.15, -0.1) is 0 Å². The molecule has 2 rings (SSSR count). The van der Waals surface area contributed by atoms with Crippen molar-refractivity contribution in [1.29, 1.82) is 0 Å². The molecule has 1 amide bonds. The predicted molar refractivity (Wildman–Crippen MR) is 75.2 cm³/mol. The lowest BCUT2D eigenvalue weighted by atomic mass is 10.1. The van der Waals surface area contributed by atoms with Gasteiger partial charge in [-0.2, -0.15) is 0 Å². The van der Waals surface area contributed by atoms with E-state index >= 15 is 0 Å². The summed E-state index contributed by atoms with van der Waals surface area (Å²) in [6, 6.07) is 11.7. The summed E-state index contributed by atoms with van der Waals surface area (Å²) in [7, 11) is 1.43. The number of carbonyl (C=O) groups is 1. The van der Waals surface area contributed by atoms with Crippen molar-refractivity contribution < 1.29 is 13.9 Å². The first-order chi connectivity index (χ1) is 9.61. The number of amides is 1. The van der Waals surface area contributed by atoms with Gasteiger partial charge in [-0.05, 0) is 30.3 Å². The molecule has 0 atom stereocenters. The van der Waals surface area contributed by atoms with Crippen LogP contribution >= 0.6 is 0 Å². The van der Waals surface area contributed by atoms with Crippen molar-refractivity contribution in [2.24, 2.45) is 5.73 Å². The molecule has 0 aromatic heterocycles. The largest absolute Gasteiger partial charge is 0.494 e. The number of halogens is 1. The number of rotatable bonds is 5. The number of ether oxygens (including phenoxy) is 1. The quantitative estimate of drug-likeness (QED) is 0.880. The molecule has 0 aliphatic rings. The van der Waals surface area contributed by atoms with Crippen molar-refractivity contribution in [2.45, 2.75) is 6.54 Å². The molecule has 0 aliphatic heterocycles. The Bertz CT molecular complexity index is 612. The van der Waals surface area contributed by atoms with Gasteiger partial charge < -0.3 is 15.8 Å². The fraction of sp³-hybridized carbons (Fsp3) is 0.133. The summed E-state index contributed by atoms with van der Waals surface area (Å²) in [5.74, 6) is -0.639. The van der Waals surface area contributed by atoms with E-state index in [1.807, 2.05) is 0 Å². The SMILES string of the molecule is COc1cccc(CNc2ccc(C(N)=O)cc2)c1F. The highest BCUT2D eigenvalue weighted by Gasteiger charge is 2.08. The second kappa shape index (κ2) is 6.06. The molecule has 0 aliphatic carbocycles. The zero-order valence-electron chi connectivity index (χ0n) is 11.0. The number of nitrogens with two attached hydrogens (primary N) is 1. The van der Waals surface area contributed by atoms with Gasteiger partial charge in [0.25, 0.3) is 0 Å². The molecule has 0 saturated heterocycles. The highest BCUT2D eigenvalue weighted by molar-refractivity contribution is 5.93. The number of nitrogens with one attached hydrogen (secondary N) is 1. The van der Waals surface area contributed by atoms with Crippen LogP contribution in [0, 0.1) is 5.82 Å². The lowest BCUT2D eigenvalue weighted by Crippen LogP contribution is -2.10. The van der Waals surface area contributed by atoms with Crippen molar-refractivity contribution in [2.75, 3.05) is 12.4 Å². The first-order valence-electron chi connectivity index (χ1n) is 6.07. The lowest BCUT2D eigenvalue weighted by molar-refractivity contribution is 0.100. The van der Waals surface area contributed by atoms with Crippen molar-refractivity contribution in [3.05, 3.63) is 59.4 Å². The molecule has 5 heteroatoms. The Hall–Kier alpha value is -2.56. The average Bonchev–Trinajstić information content (AvgIpc) is 2.46. The van der Waals surface area contributed by atoms with Crippen molar-refractivity contribution >= 4 is 11.6 Å². The Morgan fingerprint density at radius 2 is 1.95 bits per heavy atom. The van der Waals surface area contributed by atoms with Gasteiger partial charge in [0.15, 0.2) is 11.6 Å². The zero-order chi connectivity index (χ0) is 14.5. The van der Waals surface area contributed by atoms with E-state index in [9.17, 15) is 9.18 Å². The van der Waals surface area contributed by atoms with Gasteiger partial charge in [0.05, 0.1) is 7.11 Å². The smallest absolute Gasteiger partial charge is 0.248 e. The van der Waals surface area contributed by atoms with E-state index < -0.39 is 5.91 Å². The van der Waals surface area contributed by atoms with Gasteiger partial charge in [-0.3, -0.25) is 4.79 Å². The maximum absolute atomic E-state index is 13.9. The van der Waals surface area contributed by atoms with Gasteiger partial charge in [0.2, 0.25) is 5.91 Å². The topological polar surface area (TPSA) is 64.3 Å². The fourth-order valence-corrected chi connectivity index (χ4v) is 1.80. The third-order valence-electron chi connectivity index (χ3n) is 2.92. The van der Waals surface area contributed by atoms with Crippen LogP contribution in [0.15, 0.2) is 42.5 Å². The van der Waals surface area contributed by atoms with Gasteiger partial charge in [-0.1, -0.05) is 12.1 Å². The van der Waals surface area contributed by atoms with Gasteiger partial charge in [-0.25, -0.2) is 4.39 Å². The first kappa shape index (κ1) is 13.9. The number of methoxy groups -OCH3 is 1. The number of primary amides is 1. The standard InChI is InChI=1S/C15H15FN2O2/c1-20-13-4-2-3-11(14(13)16)9-18-12-7-5-10(6-8-12)15(17)19/h2-8,18H,9H2,1H3,(H2,17,19). The van der Waals surface area contributed by atoms with Crippen LogP contribution < -0.4 is 15.8 Å². The van der Waals surface area contributed by atoms with Crippen LogP contribution in [-0.2, 0) is 6.54 Å². The molecule has 0 spiro atoms. The van der Waals surface area contributed by atoms with Crippen LogP contribution in [0.4, 0.5) is 10.1 Å². The van der Waals surface area contributed by atoms with Crippen LogP contribution in [-0.4, -0.2) is 13.0 Å². The fourth-order valence-electron chi connectivity index (χ4n) is 1.80. The second-order valence-corrected chi connectivity index (χ2v) is 4.23. The van der Waals surface area contributed by atoms with E-state index in [-0.39, 0.29) is 11.6 Å². The second-order valence-electron chi connectivity index (χ2n) is 4.23. The molecule has 0 saturated carbocycles. The molecule has 0 radical (unpaired) electrons. The van der Waals surface area contributed by atoms with E-state index in [2.05, 4.69) is 5.32 Å². The molecule has 0 heterocycles. The molecule has 0 fully saturated rings. The normalized spacial score (nSPS) is 10.1. The van der Waals surface area contributed by atoms with Crippen LogP contribution in [0.2, 0.25) is 0 Å². The Balaban J connectivity index is 2.07. The molecule has 4 nitrogen and oxygen atoms in total. The van der Waals surface area contributed by atoms with E-state index in [0.717, 1.165) is 5.69 Å². The Morgan fingerprint density at radius 3 is 2.55 bits per heavy atom. The number of hydrogen-bond donors (Lipinski definition) is 2. The highest BCUT2D eigenvalue weighted by Crippen LogP contribution is 2.21. The van der Waals surface area contributed by atoms with E-state index in [0.29, 0.717) is 17.7 Å². The van der Waals surface area contributed by atoms with Crippen LogP contribution in [0.3, 0.4) is 0 Å². The molecule has 2 aromatic rings. The van der Waals surface area contributed by atoms with E-state index in [1.165, 1.54) is 7.11 Å². The molecular formula is C15H15FN2O2. The summed E-state index contributed by atoms with van der Waals surface area (Å²) < 4.78 is 18.8. The third-order valence-corrected chi connectivity index (χ3v) is 2.92. The Kier molecular flexibility index (Phi) is 4.20. The zero-order valence-corrected chi connectivity index (χ0v) is 11.0. The van der Waals surface area contributed by atoms with Gasteiger partial charge in [0, 0.05) is 23.4 Å². The number of anilines is 1. The summed E-state index contributed by atoms with van der Waals surface area (Å²) in [5, 5.41) is 3.07. The minimum absolute atomic E-state index is 0.216. The maximum Gasteiger partial charge on any atom is 0.248 e. The predicted octanol–water partition coefficient (Wildman–Crippen LogP) is 2.55. The summed E-state index contributed by atoms with van der Waals surface area (Å²) in [6.07, 6.45) is 0.